The molecule has 86 valence electrons. The van der Waals surface area contributed by atoms with Crippen LogP contribution in [-0.4, -0.2) is 42.4 Å². The summed E-state index contributed by atoms with van der Waals surface area (Å²) in [5, 5.41) is 3.07. The van der Waals surface area contributed by atoms with Gasteiger partial charge in [0.2, 0.25) is 0 Å². The van der Waals surface area contributed by atoms with Crippen molar-refractivity contribution in [3.63, 3.8) is 0 Å². The van der Waals surface area contributed by atoms with Gasteiger partial charge in [-0.05, 0) is 31.3 Å². The standard InChI is InChI=1S/C8H15N3O3S/c1-14-8(13)10-11(15-2)7(12)6-4-3-5-9-6/h6,9H,3-5H2,1-2H3,(H,10,13). The second-order valence-corrected chi connectivity index (χ2v) is 3.80. The molecular formula is C8H15N3O3S. The number of carbonyl (C=O) groups excluding carboxylic acids is 2. The molecule has 0 aliphatic carbocycles. The Bertz CT molecular complexity index is 243. The highest BCUT2D eigenvalue weighted by Crippen LogP contribution is 2.11. The van der Waals surface area contributed by atoms with Crippen LogP contribution in [0.15, 0.2) is 0 Å². The van der Waals surface area contributed by atoms with Crippen LogP contribution in [-0.2, 0) is 9.53 Å². The van der Waals surface area contributed by atoms with Crippen LogP contribution in [0.3, 0.4) is 0 Å². The van der Waals surface area contributed by atoms with E-state index in [-0.39, 0.29) is 11.9 Å². The van der Waals surface area contributed by atoms with Crippen molar-refractivity contribution in [2.24, 2.45) is 0 Å². The molecule has 0 aromatic rings. The molecule has 1 rings (SSSR count). The maximum atomic E-state index is 11.8. The molecule has 1 unspecified atom stereocenters. The zero-order valence-electron chi connectivity index (χ0n) is 8.78. The SMILES string of the molecule is COC(=O)NN(SC)C(=O)C1CCCN1. The molecule has 1 saturated heterocycles. The number of amides is 2. The normalized spacial score (nSPS) is 19.7. The summed E-state index contributed by atoms with van der Waals surface area (Å²) in [4.78, 5) is 22.7. The molecule has 1 atom stereocenters. The average molecular weight is 233 g/mol. The third kappa shape index (κ3) is 3.28. The van der Waals surface area contributed by atoms with E-state index in [0.29, 0.717) is 0 Å². The van der Waals surface area contributed by atoms with Gasteiger partial charge in [-0.3, -0.25) is 4.79 Å². The maximum absolute atomic E-state index is 11.8. The Balaban J connectivity index is 2.49. The van der Waals surface area contributed by atoms with Gasteiger partial charge in [-0.15, -0.1) is 0 Å². The van der Waals surface area contributed by atoms with E-state index in [0.717, 1.165) is 31.3 Å². The van der Waals surface area contributed by atoms with Crippen LogP contribution >= 0.6 is 11.9 Å². The van der Waals surface area contributed by atoms with Gasteiger partial charge in [-0.2, -0.15) is 4.41 Å². The van der Waals surface area contributed by atoms with Crippen molar-refractivity contribution in [3.8, 4) is 0 Å². The van der Waals surface area contributed by atoms with E-state index in [1.54, 1.807) is 6.26 Å². The molecule has 6 nitrogen and oxygen atoms in total. The number of rotatable bonds is 2. The van der Waals surface area contributed by atoms with E-state index in [1.165, 1.54) is 11.5 Å². The van der Waals surface area contributed by atoms with Gasteiger partial charge in [0.1, 0.15) is 0 Å². The van der Waals surface area contributed by atoms with Gasteiger partial charge in [0.15, 0.2) is 0 Å². The fourth-order valence-electron chi connectivity index (χ4n) is 1.36. The van der Waals surface area contributed by atoms with Crippen LogP contribution in [0.25, 0.3) is 0 Å². The highest BCUT2D eigenvalue weighted by atomic mass is 32.2. The third-order valence-electron chi connectivity index (χ3n) is 2.12. The molecule has 0 spiro atoms. The van der Waals surface area contributed by atoms with E-state index in [4.69, 9.17) is 0 Å². The van der Waals surface area contributed by atoms with Gasteiger partial charge in [-0.1, -0.05) is 0 Å². The van der Waals surface area contributed by atoms with Crippen LogP contribution in [0.5, 0.6) is 0 Å². The van der Waals surface area contributed by atoms with E-state index in [1.807, 2.05) is 0 Å². The maximum Gasteiger partial charge on any atom is 0.426 e. The van der Waals surface area contributed by atoms with Crippen molar-refractivity contribution >= 4 is 23.9 Å². The van der Waals surface area contributed by atoms with Crippen molar-refractivity contribution in [2.45, 2.75) is 18.9 Å². The Morgan fingerprint density at radius 2 is 2.33 bits per heavy atom. The van der Waals surface area contributed by atoms with E-state index in [2.05, 4.69) is 15.5 Å². The van der Waals surface area contributed by atoms with Crippen LogP contribution in [0, 0.1) is 0 Å². The Hall–Kier alpha value is -0.950. The molecule has 0 aromatic heterocycles. The number of methoxy groups -OCH3 is 1. The minimum Gasteiger partial charge on any atom is -0.452 e. The fourth-order valence-corrected chi connectivity index (χ4v) is 1.83. The number of hydrazine groups is 1. The Morgan fingerprint density at radius 1 is 1.60 bits per heavy atom. The smallest absolute Gasteiger partial charge is 0.426 e. The first-order valence-corrected chi connectivity index (χ1v) is 5.83. The summed E-state index contributed by atoms with van der Waals surface area (Å²) in [6, 6.07) is -0.199. The quantitative estimate of drug-likeness (QED) is 0.523. The first-order chi connectivity index (χ1) is 7.19. The summed E-state index contributed by atoms with van der Waals surface area (Å²) >= 11 is 1.14. The average Bonchev–Trinajstić information content (AvgIpc) is 2.77. The molecule has 1 aliphatic heterocycles. The number of nitrogens with zero attached hydrogens (tertiary/aromatic N) is 1. The van der Waals surface area contributed by atoms with Crippen molar-refractivity contribution in [1.82, 2.24) is 15.2 Å². The molecule has 2 amide bonds. The lowest BCUT2D eigenvalue weighted by Crippen LogP contribution is -2.48. The lowest BCUT2D eigenvalue weighted by Gasteiger charge is -2.22. The van der Waals surface area contributed by atoms with Crippen LogP contribution in [0.4, 0.5) is 4.79 Å². The molecule has 7 heteroatoms. The fraction of sp³-hybridized carbons (Fsp3) is 0.750. The predicted octanol–water partition coefficient (Wildman–Crippen LogP) is 0.116. The van der Waals surface area contributed by atoms with Crippen molar-refractivity contribution in [1.29, 1.82) is 0 Å². The van der Waals surface area contributed by atoms with Crippen LogP contribution in [0.2, 0.25) is 0 Å². The minimum absolute atomic E-state index is 0.148. The van der Waals surface area contributed by atoms with Gasteiger partial charge in [-0.25, -0.2) is 10.2 Å². The largest absolute Gasteiger partial charge is 0.452 e. The summed E-state index contributed by atoms with van der Waals surface area (Å²) in [5.74, 6) is -0.148. The Morgan fingerprint density at radius 3 is 2.80 bits per heavy atom. The molecular weight excluding hydrogens is 218 g/mol. The summed E-state index contributed by atoms with van der Waals surface area (Å²) < 4.78 is 5.61. The number of ether oxygens (including phenoxy) is 1. The van der Waals surface area contributed by atoms with Gasteiger partial charge in [0.05, 0.1) is 13.2 Å². The summed E-state index contributed by atoms with van der Waals surface area (Å²) in [6.07, 6.45) is 2.86. The van der Waals surface area contributed by atoms with Gasteiger partial charge in [0.25, 0.3) is 5.91 Å². The molecule has 15 heavy (non-hydrogen) atoms. The summed E-state index contributed by atoms with van der Waals surface area (Å²) in [5.41, 5.74) is 2.34. The number of carbonyl (C=O) groups is 2. The van der Waals surface area contributed by atoms with Gasteiger partial charge >= 0.3 is 6.09 Å². The lowest BCUT2D eigenvalue weighted by atomic mass is 10.2. The van der Waals surface area contributed by atoms with Crippen LogP contribution < -0.4 is 10.7 Å². The Kier molecular flexibility index (Phi) is 4.70. The van der Waals surface area contributed by atoms with E-state index >= 15 is 0 Å². The van der Waals surface area contributed by atoms with Crippen LogP contribution in [0.1, 0.15) is 12.8 Å². The topological polar surface area (TPSA) is 70.7 Å². The third-order valence-corrected chi connectivity index (χ3v) is 2.76. The number of hydrogen-bond donors (Lipinski definition) is 2. The van der Waals surface area contributed by atoms with Crippen molar-refractivity contribution < 1.29 is 14.3 Å². The molecule has 1 fully saturated rings. The second-order valence-electron chi connectivity index (χ2n) is 3.07. The zero-order valence-corrected chi connectivity index (χ0v) is 9.60. The lowest BCUT2D eigenvalue weighted by molar-refractivity contribution is -0.129. The number of hydrogen-bond acceptors (Lipinski definition) is 5. The monoisotopic (exact) mass is 233 g/mol. The van der Waals surface area contributed by atoms with Crippen molar-refractivity contribution in [3.05, 3.63) is 0 Å². The summed E-state index contributed by atoms with van der Waals surface area (Å²) in [6.45, 7) is 0.844. The first-order valence-electron chi connectivity index (χ1n) is 4.65. The summed E-state index contributed by atoms with van der Waals surface area (Å²) in [7, 11) is 1.26. The van der Waals surface area contributed by atoms with E-state index < -0.39 is 6.09 Å². The van der Waals surface area contributed by atoms with Crippen molar-refractivity contribution in [2.75, 3.05) is 19.9 Å². The number of nitrogens with one attached hydrogen (secondary N) is 2. The Labute approximate surface area is 92.8 Å². The second kappa shape index (κ2) is 5.82. The highest BCUT2D eigenvalue weighted by molar-refractivity contribution is 7.96. The molecule has 1 heterocycles. The highest BCUT2D eigenvalue weighted by Gasteiger charge is 2.27. The molecule has 1 aliphatic rings. The molecule has 0 aromatic carbocycles. The predicted molar refractivity (Wildman–Crippen MR) is 56.9 cm³/mol. The molecule has 0 saturated carbocycles. The molecule has 0 radical (unpaired) electrons. The zero-order chi connectivity index (χ0) is 11.3. The molecule has 2 N–H and O–H groups in total. The van der Waals surface area contributed by atoms with E-state index in [9.17, 15) is 9.59 Å². The first kappa shape index (κ1) is 12.1. The molecule has 0 bridgehead atoms. The van der Waals surface area contributed by atoms with Gasteiger partial charge < -0.3 is 10.1 Å². The van der Waals surface area contributed by atoms with Gasteiger partial charge in [0, 0.05) is 6.26 Å². The minimum atomic E-state index is -0.643.